The molecule has 0 unspecified atom stereocenters. The van der Waals surface area contributed by atoms with Crippen molar-refractivity contribution < 1.29 is 11.4 Å². The summed E-state index contributed by atoms with van der Waals surface area (Å²) in [7, 11) is 0.172. The molecule has 0 atom stereocenters. The van der Waals surface area contributed by atoms with E-state index in [0.29, 0.717) is 0 Å². The summed E-state index contributed by atoms with van der Waals surface area (Å²) in [5.41, 5.74) is 4.73. The molecule has 0 amide bonds. The van der Waals surface area contributed by atoms with Gasteiger partial charge in [-0.3, -0.25) is 0 Å². The molecule has 2 heteroatoms. The summed E-state index contributed by atoms with van der Waals surface area (Å²) >= 11 is 0. The van der Waals surface area contributed by atoms with Gasteiger partial charge in [0.1, 0.15) is 7.05 Å². The quantitative estimate of drug-likeness (QED) is 0.330. The predicted octanol–water partition coefficient (Wildman–Crippen LogP) is 6.60. The molecule has 0 fully saturated rings. The van der Waals surface area contributed by atoms with Crippen molar-refractivity contribution in [3.63, 3.8) is 0 Å². The van der Waals surface area contributed by atoms with Crippen LogP contribution in [0.25, 0.3) is 22.4 Å². The summed E-state index contributed by atoms with van der Waals surface area (Å²) in [6, 6.07) is 16.6. The molecule has 2 aromatic carbocycles. The number of aryl methyl sites for hydroxylation is 3. The lowest BCUT2D eigenvalue weighted by Crippen LogP contribution is -2.39. The average molecular weight is 422 g/mol. The summed E-state index contributed by atoms with van der Waals surface area (Å²) in [5.74, 6) is 0. The van der Waals surface area contributed by atoms with Gasteiger partial charge in [0.15, 0.2) is 6.20 Å². The number of hydrogen-bond donors (Lipinski definition) is 0. The first-order valence-corrected chi connectivity index (χ1v) is 14.1. The maximum Gasteiger partial charge on any atom is 0.212 e. The van der Waals surface area contributed by atoms with Gasteiger partial charge in [-0.05, 0) is 53.9 Å². The molecule has 0 bridgehead atoms. The molecule has 1 aromatic heterocycles. The zero-order chi connectivity index (χ0) is 26.6. The summed E-state index contributed by atoms with van der Waals surface area (Å²) in [6.45, 7) is 12.1. The van der Waals surface area contributed by atoms with Gasteiger partial charge < -0.3 is 0 Å². The number of pyridine rings is 1. The maximum absolute atomic E-state index is 8.93. The molecular weight excluding hydrogens is 378 g/mol. The van der Waals surface area contributed by atoms with E-state index in [1.807, 2.05) is 50.6 Å². The molecule has 3 rings (SSSR count). The minimum atomic E-state index is -2.42. The highest BCUT2D eigenvalue weighted by molar-refractivity contribution is 6.89. The van der Waals surface area contributed by atoms with Crippen LogP contribution in [0.2, 0.25) is 19.6 Å². The SMILES string of the molecule is [2H]C([2H])([2H])c1c[n+](C)c(-c2cc(-c3ccccc3)c([Si](C)(C)C)cc2C)cc1C([2H])([2H])C(C)(C)C. The van der Waals surface area contributed by atoms with Crippen molar-refractivity contribution in [2.75, 3.05) is 0 Å². The topological polar surface area (TPSA) is 3.88 Å². The van der Waals surface area contributed by atoms with Crippen molar-refractivity contribution in [2.45, 2.75) is 60.6 Å². The lowest BCUT2D eigenvalue weighted by Gasteiger charge is -2.24. The summed E-state index contributed by atoms with van der Waals surface area (Å²) < 4.78 is 44.0. The number of hydrogen-bond acceptors (Lipinski definition) is 0. The molecule has 0 aliphatic rings. The van der Waals surface area contributed by atoms with E-state index >= 15 is 0 Å². The van der Waals surface area contributed by atoms with Crippen molar-refractivity contribution in [2.24, 2.45) is 12.5 Å². The average Bonchev–Trinajstić information content (AvgIpc) is 2.72. The van der Waals surface area contributed by atoms with Crippen molar-refractivity contribution >= 4 is 13.3 Å². The van der Waals surface area contributed by atoms with E-state index in [9.17, 15) is 0 Å². The third kappa shape index (κ3) is 4.92. The van der Waals surface area contributed by atoms with Gasteiger partial charge in [-0.1, -0.05) is 82.0 Å². The van der Waals surface area contributed by atoms with Crippen LogP contribution in [0.1, 0.15) is 44.3 Å². The van der Waals surface area contributed by atoms with E-state index < -0.39 is 26.7 Å². The molecule has 0 N–H and O–H groups in total. The Kier molecular flexibility index (Phi) is 4.48. The highest BCUT2D eigenvalue weighted by atomic mass is 28.3. The Hall–Kier alpha value is -2.19. The van der Waals surface area contributed by atoms with Gasteiger partial charge in [-0.25, -0.2) is 4.57 Å². The van der Waals surface area contributed by atoms with Crippen molar-refractivity contribution in [1.29, 1.82) is 0 Å². The third-order valence-electron chi connectivity index (χ3n) is 5.32. The fourth-order valence-electron chi connectivity index (χ4n) is 3.89. The number of nitrogens with zero attached hydrogens (tertiary/aromatic N) is 1. The normalized spacial score (nSPS) is 15.7. The first-order valence-electron chi connectivity index (χ1n) is 13.1. The lowest BCUT2D eigenvalue weighted by molar-refractivity contribution is -0.660. The molecule has 1 heterocycles. The van der Waals surface area contributed by atoms with Crippen LogP contribution in [-0.2, 0) is 13.4 Å². The number of aromatic nitrogens is 1. The van der Waals surface area contributed by atoms with Gasteiger partial charge >= 0.3 is 0 Å². The van der Waals surface area contributed by atoms with E-state index in [1.54, 1.807) is 12.3 Å². The second kappa shape index (κ2) is 8.15. The Labute approximate surface area is 191 Å². The van der Waals surface area contributed by atoms with Gasteiger partial charge in [0.25, 0.3) is 0 Å². The molecule has 1 nitrogen and oxygen atoms in total. The van der Waals surface area contributed by atoms with Crippen LogP contribution >= 0.6 is 0 Å². The highest BCUT2D eigenvalue weighted by Crippen LogP contribution is 2.31. The standard InChI is InChI=1S/C28H38NSi/c1-20-15-27(30(7,8)9)25(22-13-11-10-12-14-22)17-24(20)26-16-23(18-28(3,4)5)21(2)19-29(26)6/h10-17,19H,18H2,1-9H3/q+1/i2D3,18D2. The van der Waals surface area contributed by atoms with Gasteiger partial charge in [0, 0.05) is 24.0 Å². The Bertz CT molecular complexity index is 1230. The predicted molar refractivity (Wildman–Crippen MR) is 134 cm³/mol. The van der Waals surface area contributed by atoms with Crippen molar-refractivity contribution in [3.8, 4) is 22.4 Å². The molecule has 0 saturated heterocycles. The Morgan fingerprint density at radius 3 is 2.20 bits per heavy atom. The van der Waals surface area contributed by atoms with Gasteiger partial charge in [0.2, 0.25) is 5.69 Å². The van der Waals surface area contributed by atoms with Crippen molar-refractivity contribution in [3.05, 3.63) is 71.4 Å². The smallest absolute Gasteiger partial charge is 0.201 e. The minimum Gasteiger partial charge on any atom is -0.201 e. The Morgan fingerprint density at radius 1 is 0.967 bits per heavy atom. The maximum atomic E-state index is 8.93. The Balaban J connectivity index is 2.40. The molecule has 3 aromatic rings. The van der Waals surface area contributed by atoms with Crippen LogP contribution in [0, 0.1) is 19.2 Å². The number of benzene rings is 2. The molecular formula is C28H38NSi+. The summed E-state index contributed by atoms with van der Waals surface area (Å²) in [5, 5.41) is 1.37. The summed E-state index contributed by atoms with van der Waals surface area (Å²) in [6.07, 6.45) is -0.247. The van der Waals surface area contributed by atoms with Crippen LogP contribution < -0.4 is 9.75 Å². The Morgan fingerprint density at radius 2 is 1.63 bits per heavy atom. The first kappa shape index (κ1) is 16.5. The number of rotatable bonds is 4. The highest BCUT2D eigenvalue weighted by Gasteiger charge is 2.25. The minimum absolute atomic E-state index is 0.0586. The zero-order valence-corrected chi connectivity index (χ0v) is 20.6. The summed E-state index contributed by atoms with van der Waals surface area (Å²) in [4.78, 5) is 0. The van der Waals surface area contributed by atoms with Gasteiger partial charge in [-0.2, -0.15) is 0 Å². The van der Waals surface area contributed by atoms with Crippen LogP contribution in [0.5, 0.6) is 0 Å². The van der Waals surface area contributed by atoms with E-state index in [1.165, 1.54) is 10.8 Å². The second-order valence-corrected chi connectivity index (χ2v) is 15.3. The fourth-order valence-corrected chi connectivity index (χ4v) is 5.56. The second-order valence-electron chi connectivity index (χ2n) is 10.3. The van der Waals surface area contributed by atoms with E-state index in [-0.39, 0.29) is 11.1 Å². The molecule has 0 saturated carbocycles. The van der Waals surface area contributed by atoms with Crippen LogP contribution in [-0.4, -0.2) is 8.07 Å². The van der Waals surface area contributed by atoms with Crippen LogP contribution in [0.15, 0.2) is 54.7 Å². The zero-order valence-electron chi connectivity index (χ0n) is 24.6. The molecule has 0 radical (unpaired) electrons. The van der Waals surface area contributed by atoms with E-state index in [0.717, 1.165) is 22.4 Å². The van der Waals surface area contributed by atoms with Gasteiger partial charge in [-0.15, -0.1) is 0 Å². The molecule has 0 spiro atoms. The molecule has 0 aliphatic heterocycles. The van der Waals surface area contributed by atoms with Crippen molar-refractivity contribution in [1.82, 2.24) is 0 Å². The fraction of sp³-hybridized carbons (Fsp3) is 0.393. The van der Waals surface area contributed by atoms with Gasteiger partial charge in [0.05, 0.1) is 8.07 Å². The van der Waals surface area contributed by atoms with E-state index in [4.69, 9.17) is 6.85 Å². The molecule has 30 heavy (non-hydrogen) atoms. The third-order valence-corrected chi connectivity index (χ3v) is 7.35. The largest absolute Gasteiger partial charge is 0.212 e. The van der Waals surface area contributed by atoms with E-state index in [2.05, 4.69) is 50.8 Å². The molecule has 158 valence electrons. The molecule has 0 aliphatic carbocycles. The monoisotopic (exact) mass is 421 g/mol. The first-order chi connectivity index (χ1) is 15.9. The van der Waals surface area contributed by atoms with Crippen LogP contribution in [0.3, 0.4) is 0 Å². The van der Waals surface area contributed by atoms with Crippen LogP contribution in [0.4, 0.5) is 0 Å². The lowest BCUT2D eigenvalue weighted by atomic mass is 9.86.